The van der Waals surface area contributed by atoms with Gasteiger partial charge in [-0.3, -0.25) is 14.5 Å². The summed E-state index contributed by atoms with van der Waals surface area (Å²) in [6.45, 7) is 7.88. The van der Waals surface area contributed by atoms with Crippen LogP contribution in [0.4, 0.5) is 0 Å². The maximum atomic E-state index is 13.5. The van der Waals surface area contributed by atoms with Gasteiger partial charge in [0, 0.05) is 25.8 Å². The fourth-order valence-electron chi connectivity index (χ4n) is 5.04. The van der Waals surface area contributed by atoms with Crippen LogP contribution >= 0.6 is 0 Å². The van der Waals surface area contributed by atoms with E-state index in [1.807, 2.05) is 19.1 Å². The molecule has 2 saturated heterocycles. The third-order valence-corrected chi connectivity index (χ3v) is 8.72. The van der Waals surface area contributed by atoms with Crippen molar-refractivity contribution in [2.75, 3.05) is 20.2 Å². The van der Waals surface area contributed by atoms with E-state index >= 15 is 0 Å². The molecule has 10 heteroatoms. The highest BCUT2D eigenvalue weighted by Crippen LogP contribution is 2.42. The summed E-state index contributed by atoms with van der Waals surface area (Å²) in [6.07, 6.45) is 0.408. The predicted molar refractivity (Wildman–Crippen MR) is 119 cm³/mol. The van der Waals surface area contributed by atoms with E-state index in [2.05, 4.69) is 0 Å². The second-order valence-electron chi connectivity index (χ2n) is 8.89. The van der Waals surface area contributed by atoms with E-state index in [9.17, 15) is 22.8 Å². The molecule has 0 N–H and O–H groups in total. The number of nitrogens with zero attached hydrogens (tertiary/aromatic N) is 2. The lowest BCUT2D eigenvalue weighted by Gasteiger charge is -2.50. The van der Waals surface area contributed by atoms with Gasteiger partial charge in [0.1, 0.15) is 5.70 Å². The lowest BCUT2D eigenvalue weighted by molar-refractivity contribution is -0.162. The quantitative estimate of drug-likeness (QED) is 0.479. The lowest BCUT2D eigenvalue weighted by Crippen LogP contribution is -2.72. The Balaban J connectivity index is 1.79. The fourth-order valence-corrected chi connectivity index (χ4v) is 7.20. The number of carbonyl (C=O) groups excluding carboxylic acids is 3. The highest BCUT2D eigenvalue weighted by molar-refractivity contribution is 7.93. The van der Waals surface area contributed by atoms with E-state index < -0.39 is 44.5 Å². The molecule has 0 aliphatic carbocycles. The van der Waals surface area contributed by atoms with E-state index in [0.29, 0.717) is 24.2 Å². The number of ether oxygens (including phenoxy) is 2. The molecule has 1 aromatic rings. The minimum atomic E-state index is -4.23. The second-order valence-corrected chi connectivity index (χ2v) is 11.0. The van der Waals surface area contributed by atoms with Crippen LogP contribution in [0.2, 0.25) is 0 Å². The average Bonchev–Trinajstić information content (AvgIpc) is 3.26. The summed E-state index contributed by atoms with van der Waals surface area (Å²) in [6, 6.07) is 3.63. The fraction of sp³-hybridized carbons (Fsp3) is 0.522. The highest BCUT2D eigenvalue weighted by Gasteiger charge is 2.64. The van der Waals surface area contributed by atoms with E-state index in [-0.39, 0.29) is 16.8 Å². The molecule has 2 fully saturated rings. The van der Waals surface area contributed by atoms with Crippen LogP contribution in [0.15, 0.2) is 23.4 Å². The number of carbonyl (C=O) groups is 3. The first kappa shape index (κ1) is 23.4. The number of rotatable bonds is 4. The molecule has 3 atom stereocenters. The van der Waals surface area contributed by atoms with Crippen LogP contribution in [0.5, 0.6) is 0 Å². The molecule has 0 radical (unpaired) electrons. The average molecular weight is 477 g/mol. The summed E-state index contributed by atoms with van der Waals surface area (Å²) in [5, 5.41) is -1.42. The number of hydrogen-bond donors (Lipinski definition) is 0. The molecule has 178 valence electrons. The van der Waals surface area contributed by atoms with Crippen LogP contribution < -0.4 is 0 Å². The molecule has 1 unspecified atom stereocenters. The normalized spacial score (nSPS) is 26.2. The second kappa shape index (κ2) is 8.25. The van der Waals surface area contributed by atoms with Gasteiger partial charge in [0.15, 0.2) is 11.5 Å². The summed E-state index contributed by atoms with van der Waals surface area (Å²) >= 11 is 0. The van der Waals surface area contributed by atoms with Crippen molar-refractivity contribution in [2.24, 2.45) is 0 Å². The van der Waals surface area contributed by atoms with Gasteiger partial charge in [0.25, 0.3) is 11.8 Å². The number of hydrogen-bond acceptors (Lipinski definition) is 7. The lowest BCUT2D eigenvalue weighted by atomic mass is 10.00. The van der Waals surface area contributed by atoms with Gasteiger partial charge in [-0.25, -0.2) is 13.2 Å². The van der Waals surface area contributed by atoms with Gasteiger partial charge in [0.05, 0.1) is 5.56 Å². The Kier molecular flexibility index (Phi) is 5.86. The van der Waals surface area contributed by atoms with Crippen molar-refractivity contribution in [1.82, 2.24) is 9.80 Å². The number of benzene rings is 1. The van der Waals surface area contributed by atoms with Crippen LogP contribution in [0.1, 0.15) is 46.8 Å². The third kappa shape index (κ3) is 3.56. The van der Waals surface area contributed by atoms with Gasteiger partial charge in [-0.15, -0.1) is 0 Å². The van der Waals surface area contributed by atoms with E-state index in [4.69, 9.17) is 9.47 Å². The first-order valence-corrected chi connectivity index (χ1v) is 12.5. The molecule has 9 nitrogen and oxygen atoms in total. The largest absolute Gasteiger partial charge is 0.437 e. The topological polar surface area (TPSA) is 110 Å². The monoisotopic (exact) mass is 476 g/mol. The van der Waals surface area contributed by atoms with Crippen molar-refractivity contribution in [2.45, 2.75) is 57.5 Å². The van der Waals surface area contributed by atoms with Crippen LogP contribution in [0.3, 0.4) is 0 Å². The molecule has 2 amide bonds. The van der Waals surface area contributed by atoms with Crippen molar-refractivity contribution in [1.29, 1.82) is 0 Å². The molecule has 3 heterocycles. The number of methoxy groups -OCH3 is 1. The molecule has 0 aromatic heterocycles. The number of β-lactam (4-membered cyclic amide) rings is 1. The first-order valence-electron chi connectivity index (χ1n) is 10.9. The third-order valence-electron chi connectivity index (χ3n) is 6.54. The zero-order valence-corrected chi connectivity index (χ0v) is 20.2. The molecule has 33 heavy (non-hydrogen) atoms. The zero-order valence-electron chi connectivity index (χ0n) is 19.4. The maximum Gasteiger partial charge on any atom is 0.340 e. The number of sulfone groups is 1. The summed E-state index contributed by atoms with van der Waals surface area (Å²) in [5.74, 6) is -1.82. The molecule has 4 rings (SSSR count). The van der Waals surface area contributed by atoms with Crippen molar-refractivity contribution >= 4 is 27.6 Å². The zero-order chi connectivity index (χ0) is 24.2. The smallest absolute Gasteiger partial charge is 0.340 e. The van der Waals surface area contributed by atoms with E-state index in [1.54, 1.807) is 18.7 Å². The van der Waals surface area contributed by atoms with Crippen molar-refractivity contribution in [3.63, 3.8) is 0 Å². The maximum absolute atomic E-state index is 13.5. The first-order chi connectivity index (χ1) is 15.5. The minimum Gasteiger partial charge on any atom is -0.437 e. The Hall–Kier alpha value is -2.72. The Labute approximate surface area is 193 Å². The summed E-state index contributed by atoms with van der Waals surface area (Å²) in [4.78, 5) is 41.7. The molecule has 3 aliphatic heterocycles. The summed E-state index contributed by atoms with van der Waals surface area (Å²) < 4.78 is 37.6. The number of fused-ring (bicyclic) bond motifs is 1. The van der Waals surface area contributed by atoms with E-state index in [1.165, 1.54) is 14.0 Å². The van der Waals surface area contributed by atoms with Crippen LogP contribution in [0.25, 0.3) is 0 Å². The number of esters is 1. The van der Waals surface area contributed by atoms with Gasteiger partial charge in [-0.1, -0.05) is 17.7 Å². The van der Waals surface area contributed by atoms with Gasteiger partial charge < -0.3 is 14.4 Å². The Morgan fingerprint density at radius 3 is 2.15 bits per heavy atom. The van der Waals surface area contributed by atoms with Crippen molar-refractivity contribution in [3.05, 3.63) is 45.7 Å². The summed E-state index contributed by atoms with van der Waals surface area (Å²) in [5.41, 5.74) is 0.872. The standard InChI is InChI=1S/C23H28N2O7S/c1-12-10-13(2)16(14(3)11-12)22(28)32-23-15(4)17(19(26)24-8-6-7-9-24)25-20(27)18(31-5)21(25)33(23,29)30/h10-11,18,21,23H,6-9H2,1-5H3/t18-,21+,23?/m0/s1. The number of aryl methyl sites for hydroxylation is 3. The van der Waals surface area contributed by atoms with Crippen LogP contribution in [0, 0.1) is 20.8 Å². The van der Waals surface area contributed by atoms with Gasteiger partial charge in [0.2, 0.25) is 15.3 Å². The predicted octanol–water partition coefficient (Wildman–Crippen LogP) is 1.60. The van der Waals surface area contributed by atoms with Gasteiger partial charge in [-0.05, 0) is 51.7 Å². The molecule has 3 aliphatic rings. The van der Waals surface area contributed by atoms with Crippen LogP contribution in [-0.4, -0.2) is 73.1 Å². The summed E-state index contributed by atoms with van der Waals surface area (Å²) in [7, 11) is -2.99. The van der Waals surface area contributed by atoms with Gasteiger partial charge in [-0.2, -0.15) is 0 Å². The minimum absolute atomic E-state index is 0.0295. The number of amides is 2. The Morgan fingerprint density at radius 2 is 1.61 bits per heavy atom. The van der Waals surface area contributed by atoms with Crippen LogP contribution in [-0.2, 0) is 28.9 Å². The molecular formula is C23H28N2O7S. The Bertz CT molecular complexity index is 1160. The van der Waals surface area contributed by atoms with E-state index in [0.717, 1.165) is 23.3 Å². The van der Waals surface area contributed by atoms with Crippen molar-refractivity contribution in [3.8, 4) is 0 Å². The molecule has 0 bridgehead atoms. The molecule has 1 aromatic carbocycles. The van der Waals surface area contributed by atoms with Gasteiger partial charge >= 0.3 is 5.97 Å². The highest BCUT2D eigenvalue weighted by atomic mass is 32.2. The molecule has 0 saturated carbocycles. The van der Waals surface area contributed by atoms with Crippen molar-refractivity contribution < 1.29 is 32.3 Å². The molecular weight excluding hydrogens is 448 g/mol. The Morgan fingerprint density at radius 1 is 1.03 bits per heavy atom. The number of likely N-dealkylation sites (tertiary alicyclic amines) is 1. The molecule has 0 spiro atoms. The SMILES string of the molecule is CO[C@H]1C(=O)N2C(C(=O)N3CCCC3)=C(C)C(OC(=O)c3c(C)cc(C)cc3C)S(=O)(=O)[C@H]12.